The zero-order valence-electron chi connectivity index (χ0n) is 17.8. The van der Waals surface area contributed by atoms with Gasteiger partial charge in [-0.1, -0.05) is 57.1 Å². The molecular weight excluding hydrogens is 332 g/mol. The molecular formula is C25H38O2. The molecule has 0 saturated heterocycles. The molecule has 0 unspecified atom stereocenters. The molecule has 3 rings (SSSR count). The lowest BCUT2D eigenvalue weighted by molar-refractivity contribution is 0.00753. The number of allylic oxidation sites excluding steroid dienone is 2. The van der Waals surface area contributed by atoms with Crippen molar-refractivity contribution in [3.63, 3.8) is 0 Å². The summed E-state index contributed by atoms with van der Waals surface area (Å²) in [4.78, 5) is 0. The molecule has 2 aliphatic rings. The second kappa shape index (κ2) is 8.71. The van der Waals surface area contributed by atoms with E-state index in [1.165, 1.54) is 56.1 Å². The molecule has 27 heavy (non-hydrogen) atoms. The Balaban J connectivity index is 1.68. The lowest BCUT2D eigenvalue weighted by Gasteiger charge is -2.47. The fourth-order valence-corrected chi connectivity index (χ4v) is 5.05. The summed E-state index contributed by atoms with van der Waals surface area (Å²) in [7, 11) is 0. The first kappa shape index (κ1) is 20.3. The van der Waals surface area contributed by atoms with E-state index in [0.717, 1.165) is 30.6 Å². The quantitative estimate of drug-likeness (QED) is 0.384. The SMILES string of the molecule is CCCCCCCCCc1cc(O)c2c(c1)OC(C)(C)[C@@H]1CC=C(C)C[C@@H]21. The maximum atomic E-state index is 10.8. The van der Waals surface area contributed by atoms with E-state index in [1.807, 2.05) is 6.07 Å². The average molecular weight is 371 g/mol. The van der Waals surface area contributed by atoms with Crippen LogP contribution in [0.4, 0.5) is 0 Å². The van der Waals surface area contributed by atoms with Gasteiger partial charge in [0.25, 0.3) is 0 Å². The molecule has 0 radical (unpaired) electrons. The molecule has 2 nitrogen and oxygen atoms in total. The molecule has 1 aromatic carbocycles. The van der Waals surface area contributed by atoms with Gasteiger partial charge >= 0.3 is 0 Å². The van der Waals surface area contributed by atoms with Crippen LogP contribution >= 0.6 is 0 Å². The Kier molecular flexibility index (Phi) is 6.55. The number of ether oxygens (including phenoxy) is 1. The van der Waals surface area contributed by atoms with Gasteiger partial charge in [0.2, 0.25) is 0 Å². The molecule has 0 fully saturated rings. The first-order valence-corrected chi connectivity index (χ1v) is 11.1. The van der Waals surface area contributed by atoms with Crippen LogP contribution in [0.2, 0.25) is 0 Å². The highest BCUT2D eigenvalue weighted by molar-refractivity contribution is 5.52. The molecule has 150 valence electrons. The Hall–Kier alpha value is -1.44. The fraction of sp³-hybridized carbons (Fsp3) is 0.680. The van der Waals surface area contributed by atoms with Crippen molar-refractivity contribution in [2.45, 2.75) is 103 Å². The van der Waals surface area contributed by atoms with Crippen molar-refractivity contribution in [1.82, 2.24) is 0 Å². The second-order valence-electron chi connectivity index (χ2n) is 9.31. The molecule has 0 saturated carbocycles. The molecule has 1 N–H and O–H groups in total. The van der Waals surface area contributed by atoms with Crippen LogP contribution < -0.4 is 4.74 Å². The Bertz CT molecular complexity index is 671. The monoisotopic (exact) mass is 370 g/mol. The smallest absolute Gasteiger partial charge is 0.127 e. The summed E-state index contributed by atoms with van der Waals surface area (Å²) >= 11 is 0. The molecule has 2 atom stereocenters. The first-order valence-electron chi connectivity index (χ1n) is 11.1. The predicted octanol–water partition coefficient (Wildman–Crippen LogP) is 7.30. The highest BCUT2D eigenvalue weighted by Crippen LogP contribution is 2.54. The third kappa shape index (κ3) is 4.70. The minimum atomic E-state index is -0.181. The van der Waals surface area contributed by atoms with Crippen LogP contribution in [-0.2, 0) is 6.42 Å². The predicted molar refractivity (Wildman–Crippen MR) is 114 cm³/mol. The van der Waals surface area contributed by atoms with Gasteiger partial charge in [-0.15, -0.1) is 0 Å². The van der Waals surface area contributed by atoms with Crippen molar-refractivity contribution in [2.75, 3.05) is 0 Å². The van der Waals surface area contributed by atoms with E-state index in [2.05, 4.69) is 39.8 Å². The van der Waals surface area contributed by atoms with Crippen LogP contribution in [0.15, 0.2) is 23.8 Å². The maximum Gasteiger partial charge on any atom is 0.127 e. The van der Waals surface area contributed by atoms with Crippen LogP contribution in [0.3, 0.4) is 0 Å². The van der Waals surface area contributed by atoms with Gasteiger partial charge in [-0.3, -0.25) is 0 Å². The Morgan fingerprint density at radius 3 is 2.52 bits per heavy atom. The third-order valence-electron chi connectivity index (χ3n) is 6.63. The average Bonchev–Trinajstić information content (AvgIpc) is 2.59. The highest BCUT2D eigenvalue weighted by Gasteiger charge is 2.45. The van der Waals surface area contributed by atoms with E-state index in [0.29, 0.717) is 17.6 Å². The minimum Gasteiger partial charge on any atom is -0.508 e. The summed E-state index contributed by atoms with van der Waals surface area (Å²) < 4.78 is 6.43. The van der Waals surface area contributed by atoms with E-state index >= 15 is 0 Å². The van der Waals surface area contributed by atoms with Crippen LogP contribution in [-0.4, -0.2) is 10.7 Å². The number of hydrogen-bond donors (Lipinski definition) is 1. The highest BCUT2D eigenvalue weighted by atomic mass is 16.5. The summed E-state index contributed by atoms with van der Waals surface area (Å²) in [6.45, 7) is 8.90. The number of hydrogen-bond acceptors (Lipinski definition) is 2. The van der Waals surface area contributed by atoms with Gasteiger partial charge in [0.15, 0.2) is 0 Å². The standard InChI is InChI=1S/C25H38O2/c1-5-6-7-8-9-10-11-12-19-16-22(26)24-20-15-18(2)13-14-21(20)25(3,4)27-23(24)17-19/h13,16-17,20-21,26H,5-12,14-15H2,1-4H3/t20-,21-/m1/s1. The van der Waals surface area contributed by atoms with Crippen molar-refractivity contribution >= 4 is 0 Å². The third-order valence-corrected chi connectivity index (χ3v) is 6.63. The summed E-state index contributed by atoms with van der Waals surface area (Å²) in [5.41, 5.74) is 3.53. The second-order valence-corrected chi connectivity index (χ2v) is 9.31. The fourth-order valence-electron chi connectivity index (χ4n) is 5.05. The van der Waals surface area contributed by atoms with Crippen LogP contribution in [0.25, 0.3) is 0 Å². The van der Waals surface area contributed by atoms with Gasteiger partial charge < -0.3 is 9.84 Å². The van der Waals surface area contributed by atoms with Crippen molar-refractivity contribution in [1.29, 1.82) is 0 Å². The number of benzene rings is 1. The number of phenolic OH excluding ortho intramolecular Hbond substituents is 1. The van der Waals surface area contributed by atoms with Gasteiger partial charge in [-0.25, -0.2) is 0 Å². The Morgan fingerprint density at radius 1 is 1.07 bits per heavy atom. The Labute approximate surface area is 166 Å². The molecule has 0 aromatic heterocycles. The van der Waals surface area contributed by atoms with Crippen molar-refractivity contribution in [3.8, 4) is 11.5 Å². The molecule has 2 heteroatoms. The van der Waals surface area contributed by atoms with Gasteiger partial charge in [0.05, 0.1) is 0 Å². The van der Waals surface area contributed by atoms with E-state index in [-0.39, 0.29) is 5.60 Å². The van der Waals surface area contributed by atoms with E-state index in [1.54, 1.807) is 0 Å². The molecule has 0 bridgehead atoms. The maximum absolute atomic E-state index is 10.8. The topological polar surface area (TPSA) is 29.5 Å². The number of unbranched alkanes of at least 4 members (excludes halogenated alkanes) is 6. The number of rotatable bonds is 8. The molecule has 0 amide bonds. The van der Waals surface area contributed by atoms with E-state index in [9.17, 15) is 5.11 Å². The summed E-state index contributed by atoms with van der Waals surface area (Å²) in [6.07, 6.45) is 14.7. The number of aromatic hydroxyl groups is 1. The van der Waals surface area contributed by atoms with Gasteiger partial charge in [0.1, 0.15) is 17.1 Å². The molecule has 0 spiro atoms. The molecule has 1 aromatic rings. The zero-order valence-corrected chi connectivity index (χ0v) is 17.8. The van der Waals surface area contributed by atoms with Crippen LogP contribution in [0.1, 0.15) is 103 Å². The van der Waals surface area contributed by atoms with Crippen LogP contribution in [0, 0.1) is 5.92 Å². The summed E-state index contributed by atoms with van der Waals surface area (Å²) in [6, 6.07) is 4.21. The van der Waals surface area contributed by atoms with Gasteiger partial charge in [0, 0.05) is 17.4 Å². The normalized spacial score (nSPS) is 23.2. The largest absolute Gasteiger partial charge is 0.508 e. The van der Waals surface area contributed by atoms with Crippen molar-refractivity contribution < 1.29 is 9.84 Å². The van der Waals surface area contributed by atoms with E-state index < -0.39 is 0 Å². The van der Waals surface area contributed by atoms with Crippen molar-refractivity contribution in [2.24, 2.45) is 5.92 Å². The lowest BCUT2D eigenvalue weighted by atomic mass is 9.67. The molecule has 1 heterocycles. The van der Waals surface area contributed by atoms with Gasteiger partial charge in [-0.2, -0.15) is 0 Å². The lowest BCUT2D eigenvalue weighted by Crippen LogP contribution is -2.45. The first-order chi connectivity index (χ1) is 12.9. The van der Waals surface area contributed by atoms with Crippen molar-refractivity contribution in [3.05, 3.63) is 34.9 Å². The van der Waals surface area contributed by atoms with Gasteiger partial charge in [-0.05, 0) is 64.2 Å². The number of fused-ring (bicyclic) bond motifs is 3. The number of aryl methyl sites for hydroxylation is 1. The van der Waals surface area contributed by atoms with Crippen LogP contribution in [0.5, 0.6) is 11.5 Å². The molecule has 1 aliphatic heterocycles. The minimum absolute atomic E-state index is 0.181. The zero-order chi connectivity index (χ0) is 19.4. The summed E-state index contributed by atoms with van der Waals surface area (Å²) in [5.74, 6) is 2.19. The molecule has 1 aliphatic carbocycles. The summed E-state index contributed by atoms with van der Waals surface area (Å²) in [5, 5.41) is 10.8. The van der Waals surface area contributed by atoms with E-state index in [4.69, 9.17) is 4.74 Å². The number of phenols is 1. The Morgan fingerprint density at radius 2 is 1.78 bits per heavy atom.